The van der Waals surface area contributed by atoms with Crippen LogP contribution in [0.15, 0.2) is 42.5 Å². The molecule has 2 atom stereocenters. The molecule has 0 aliphatic carbocycles. The summed E-state index contributed by atoms with van der Waals surface area (Å²) < 4.78 is 43.0. The number of amides is 2. The number of rotatable bonds is 14. The van der Waals surface area contributed by atoms with Crippen molar-refractivity contribution in [2.45, 2.75) is 65.1 Å². The number of ether oxygens (including phenoxy) is 3. The van der Waals surface area contributed by atoms with Crippen LogP contribution >= 0.6 is 0 Å². The maximum absolute atomic E-state index is 13.6. The molecule has 0 saturated carbocycles. The van der Waals surface area contributed by atoms with E-state index < -0.39 is 16.1 Å². The number of benzene rings is 2. The van der Waals surface area contributed by atoms with Gasteiger partial charge in [-0.15, -0.1) is 0 Å². The number of nitrogens with one attached hydrogen (secondary N) is 1. The Morgan fingerprint density at radius 2 is 1.70 bits per heavy atom. The van der Waals surface area contributed by atoms with E-state index >= 15 is 0 Å². The summed E-state index contributed by atoms with van der Waals surface area (Å²) >= 11 is 0. The van der Waals surface area contributed by atoms with Crippen molar-refractivity contribution in [3.05, 3.63) is 48.0 Å². The maximum Gasteiger partial charge on any atom is 0.243 e. The third-order valence-electron chi connectivity index (χ3n) is 6.86. The van der Waals surface area contributed by atoms with Gasteiger partial charge in [-0.1, -0.05) is 26.0 Å². The fourth-order valence-electron chi connectivity index (χ4n) is 4.48. The molecule has 40 heavy (non-hydrogen) atoms. The van der Waals surface area contributed by atoms with Crippen LogP contribution in [0.3, 0.4) is 0 Å². The molecule has 1 aliphatic rings. The van der Waals surface area contributed by atoms with Gasteiger partial charge in [0.1, 0.15) is 25.0 Å². The monoisotopic (exact) mass is 575 g/mol. The second-order valence-electron chi connectivity index (χ2n) is 9.88. The molecule has 1 heterocycles. The molecule has 0 bridgehead atoms. The van der Waals surface area contributed by atoms with E-state index in [1.165, 1.54) is 4.31 Å². The van der Waals surface area contributed by atoms with Gasteiger partial charge in [-0.25, -0.2) is 8.42 Å². The summed E-state index contributed by atoms with van der Waals surface area (Å²) in [4.78, 5) is 28.4. The van der Waals surface area contributed by atoms with Crippen molar-refractivity contribution >= 4 is 27.5 Å². The first-order valence-electron chi connectivity index (χ1n) is 13.7. The van der Waals surface area contributed by atoms with Gasteiger partial charge in [-0.05, 0) is 56.0 Å². The molecule has 1 N–H and O–H groups in total. The van der Waals surface area contributed by atoms with Crippen molar-refractivity contribution < 1.29 is 32.2 Å². The van der Waals surface area contributed by atoms with Gasteiger partial charge in [-0.2, -0.15) is 0 Å². The van der Waals surface area contributed by atoms with Gasteiger partial charge in [-0.3, -0.25) is 13.9 Å². The summed E-state index contributed by atoms with van der Waals surface area (Å²) in [5, 5.41) is 3.00. The fourth-order valence-corrected chi connectivity index (χ4v) is 5.44. The Kier molecular flexibility index (Phi) is 11.1. The molecule has 2 aromatic rings. The Labute approximate surface area is 237 Å². The number of fused-ring (bicyclic) bond motifs is 1. The van der Waals surface area contributed by atoms with Crippen LogP contribution in [0.5, 0.6) is 17.2 Å². The van der Waals surface area contributed by atoms with Gasteiger partial charge >= 0.3 is 0 Å². The normalized spacial score (nSPS) is 14.1. The van der Waals surface area contributed by atoms with E-state index in [1.807, 2.05) is 45.0 Å². The quantitative estimate of drug-likeness (QED) is 0.365. The van der Waals surface area contributed by atoms with Crippen LogP contribution in [0.2, 0.25) is 0 Å². The second-order valence-corrected chi connectivity index (χ2v) is 11.8. The van der Waals surface area contributed by atoms with E-state index in [1.54, 1.807) is 30.2 Å². The molecule has 0 spiro atoms. The molecule has 11 heteroatoms. The highest BCUT2D eigenvalue weighted by molar-refractivity contribution is 7.92. The molecule has 0 fully saturated rings. The van der Waals surface area contributed by atoms with E-state index in [0.29, 0.717) is 42.6 Å². The van der Waals surface area contributed by atoms with E-state index in [-0.39, 0.29) is 43.8 Å². The molecule has 3 rings (SSSR count). The molecule has 0 aromatic heterocycles. The number of methoxy groups -OCH3 is 1. The molecule has 0 radical (unpaired) electrons. The Bertz CT molecular complexity index is 1250. The Hall–Kier alpha value is -3.47. The summed E-state index contributed by atoms with van der Waals surface area (Å²) in [5.41, 5.74) is 1.30. The zero-order chi connectivity index (χ0) is 29.3. The Morgan fingerprint density at radius 3 is 2.30 bits per heavy atom. The van der Waals surface area contributed by atoms with E-state index in [9.17, 15) is 18.0 Å². The molecular weight excluding hydrogens is 534 g/mol. The van der Waals surface area contributed by atoms with Crippen LogP contribution in [-0.2, 0) is 26.2 Å². The molecule has 2 aromatic carbocycles. The first-order chi connectivity index (χ1) is 19.1. The van der Waals surface area contributed by atoms with Crippen LogP contribution in [0.25, 0.3) is 0 Å². The summed E-state index contributed by atoms with van der Waals surface area (Å²) in [6, 6.07) is 11.7. The number of hydrogen-bond acceptors (Lipinski definition) is 7. The van der Waals surface area contributed by atoms with Gasteiger partial charge in [0.2, 0.25) is 21.8 Å². The molecular formula is C29H41N3O7S. The zero-order valence-corrected chi connectivity index (χ0v) is 24.8. The molecule has 1 aliphatic heterocycles. The van der Waals surface area contributed by atoms with E-state index in [0.717, 1.165) is 18.2 Å². The SMILES string of the molecule is CC[C@H](C)NC(=O)[C@H](CC)N(Cc1ccc(OC)cc1)C(=O)CCCN(c1ccc2c(c1)OCCO2)S(C)(=O)=O. The van der Waals surface area contributed by atoms with Gasteiger partial charge in [0.05, 0.1) is 19.1 Å². The largest absolute Gasteiger partial charge is 0.497 e. The number of nitrogens with zero attached hydrogens (tertiary/aromatic N) is 2. The highest BCUT2D eigenvalue weighted by Crippen LogP contribution is 2.34. The highest BCUT2D eigenvalue weighted by Gasteiger charge is 2.29. The fraction of sp³-hybridized carbons (Fsp3) is 0.517. The number of anilines is 1. The lowest BCUT2D eigenvalue weighted by molar-refractivity contribution is -0.141. The maximum atomic E-state index is 13.6. The summed E-state index contributed by atoms with van der Waals surface area (Å²) in [6.45, 7) is 6.95. The lowest BCUT2D eigenvalue weighted by atomic mass is 10.1. The average molecular weight is 576 g/mol. The van der Waals surface area contributed by atoms with Crippen molar-refractivity contribution in [3.8, 4) is 17.2 Å². The van der Waals surface area contributed by atoms with Crippen molar-refractivity contribution in [1.82, 2.24) is 10.2 Å². The third kappa shape index (κ3) is 8.27. The minimum Gasteiger partial charge on any atom is -0.497 e. The lowest BCUT2D eigenvalue weighted by Gasteiger charge is -2.32. The predicted molar refractivity (Wildman–Crippen MR) is 154 cm³/mol. The van der Waals surface area contributed by atoms with Gasteiger partial charge < -0.3 is 24.4 Å². The second kappa shape index (κ2) is 14.2. The van der Waals surface area contributed by atoms with Crippen molar-refractivity contribution in [1.29, 1.82) is 0 Å². The number of sulfonamides is 1. The molecule has 0 saturated heterocycles. The standard InChI is InChI=1S/C29H41N3O7S/c1-6-21(3)30-29(34)25(7-2)31(20-22-10-13-24(37-4)14-11-22)28(33)9-8-16-32(40(5,35)36)23-12-15-26-27(19-23)39-18-17-38-26/h10-15,19,21,25H,6-9,16-18,20H2,1-5H3,(H,30,34)/t21-,25-/m0/s1. The van der Waals surface area contributed by atoms with Crippen LogP contribution < -0.4 is 23.8 Å². The molecule has 10 nitrogen and oxygen atoms in total. The minimum absolute atomic E-state index is 0.0196. The highest BCUT2D eigenvalue weighted by atomic mass is 32.2. The minimum atomic E-state index is -3.63. The summed E-state index contributed by atoms with van der Waals surface area (Å²) in [7, 11) is -2.05. The lowest BCUT2D eigenvalue weighted by Crippen LogP contribution is -2.50. The number of carbonyl (C=O) groups is 2. The number of carbonyl (C=O) groups excluding carboxylic acids is 2. The summed E-state index contributed by atoms with van der Waals surface area (Å²) in [6.07, 6.45) is 2.68. The smallest absolute Gasteiger partial charge is 0.243 e. The van der Waals surface area contributed by atoms with Crippen LogP contribution in [-0.4, -0.2) is 70.3 Å². The van der Waals surface area contributed by atoms with E-state index in [2.05, 4.69) is 5.32 Å². The van der Waals surface area contributed by atoms with Crippen molar-refractivity contribution in [2.24, 2.45) is 0 Å². The van der Waals surface area contributed by atoms with Gasteiger partial charge in [0.25, 0.3) is 0 Å². The molecule has 0 unspecified atom stereocenters. The predicted octanol–water partition coefficient (Wildman–Crippen LogP) is 3.73. The van der Waals surface area contributed by atoms with Crippen LogP contribution in [0.1, 0.15) is 52.0 Å². The van der Waals surface area contributed by atoms with Gasteiger partial charge in [0.15, 0.2) is 11.5 Å². The van der Waals surface area contributed by atoms with E-state index in [4.69, 9.17) is 14.2 Å². The van der Waals surface area contributed by atoms with Crippen molar-refractivity contribution in [3.63, 3.8) is 0 Å². The number of hydrogen-bond donors (Lipinski definition) is 1. The Morgan fingerprint density at radius 1 is 1.02 bits per heavy atom. The van der Waals surface area contributed by atoms with Gasteiger partial charge in [0, 0.05) is 31.6 Å². The van der Waals surface area contributed by atoms with Crippen LogP contribution in [0.4, 0.5) is 5.69 Å². The van der Waals surface area contributed by atoms with Crippen LogP contribution in [0, 0.1) is 0 Å². The molecule has 2 amide bonds. The Balaban J connectivity index is 1.77. The topological polar surface area (TPSA) is 114 Å². The first-order valence-corrected chi connectivity index (χ1v) is 15.5. The van der Waals surface area contributed by atoms with Crippen molar-refractivity contribution in [2.75, 3.05) is 37.4 Å². The average Bonchev–Trinajstić information content (AvgIpc) is 2.94. The molecule has 220 valence electrons. The summed E-state index contributed by atoms with van der Waals surface area (Å²) in [5.74, 6) is 1.32. The third-order valence-corrected chi connectivity index (χ3v) is 8.06. The first kappa shape index (κ1) is 31.1. The zero-order valence-electron chi connectivity index (χ0n) is 24.0.